The van der Waals surface area contributed by atoms with Crippen LogP contribution in [0.2, 0.25) is 0 Å². The zero-order valence-corrected chi connectivity index (χ0v) is 15.3. The number of benzene rings is 1. The Hall–Kier alpha value is -1.54. The standard InChI is InChI=1S/C18H21F3N2O2S/c1-26-5-4-25-11-23-16-3-2-14(18(19,20)21)9-15(16)22-17(23)8-12-6-13(7-12)10-24/h2-3,9-10,12-13H,4-8,11H2,1H3. The minimum absolute atomic E-state index is 0.104. The van der Waals surface area contributed by atoms with Gasteiger partial charge in [0.1, 0.15) is 18.8 Å². The lowest BCUT2D eigenvalue weighted by Gasteiger charge is -2.31. The van der Waals surface area contributed by atoms with Crippen LogP contribution in [-0.4, -0.2) is 34.5 Å². The summed E-state index contributed by atoms with van der Waals surface area (Å²) in [6.45, 7) is 0.832. The molecular weight excluding hydrogens is 365 g/mol. The van der Waals surface area contributed by atoms with Crippen LogP contribution >= 0.6 is 11.8 Å². The molecule has 1 aromatic carbocycles. The fourth-order valence-corrected chi connectivity index (χ4v) is 3.56. The largest absolute Gasteiger partial charge is 0.416 e. The maximum Gasteiger partial charge on any atom is 0.416 e. The van der Waals surface area contributed by atoms with E-state index < -0.39 is 11.7 Å². The summed E-state index contributed by atoms with van der Waals surface area (Å²) in [7, 11) is 0. The molecule has 0 N–H and O–H groups in total. The van der Waals surface area contributed by atoms with Gasteiger partial charge in [-0.05, 0) is 43.2 Å². The number of alkyl halides is 3. The molecule has 142 valence electrons. The molecule has 2 aromatic rings. The van der Waals surface area contributed by atoms with Crippen LogP contribution < -0.4 is 0 Å². The number of carbonyl (C=O) groups is 1. The predicted molar refractivity (Wildman–Crippen MR) is 95.1 cm³/mol. The number of carbonyl (C=O) groups excluding carboxylic acids is 1. The average Bonchev–Trinajstić information content (AvgIpc) is 2.90. The Bertz CT molecular complexity index is 770. The van der Waals surface area contributed by atoms with E-state index in [1.54, 1.807) is 11.8 Å². The van der Waals surface area contributed by atoms with Crippen LogP contribution in [0.4, 0.5) is 13.2 Å². The highest BCUT2D eigenvalue weighted by Gasteiger charge is 2.32. The first-order valence-corrected chi connectivity index (χ1v) is 9.90. The summed E-state index contributed by atoms with van der Waals surface area (Å²) in [4.78, 5) is 15.2. The molecule has 0 radical (unpaired) electrons. The number of rotatable bonds is 8. The highest BCUT2D eigenvalue weighted by molar-refractivity contribution is 7.98. The van der Waals surface area contributed by atoms with Crippen molar-refractivity contribution in [3.63, 3.8) is 0 Å². The van der Waals surface area contributed by atoms with Gasteiger partial charge >= 0.3 is 6.18 Å². The molecule has 0 spiro atoms. The third-order valence-electron chi connectivity index (χ3n) is 4.74. The van der Waals surface area contributed by atoms with E-state index in [0.717, 1.165) is 42.8 Å². The highest BCUT2D eigenvalue weighted by atomic mass is 32.2. The Labute approximate surface area is 154 Å². The number of hydrogen-bond acceptors (Lipinski definition) is 4. The molecule has 26 heavy (non-hydrogen) atoms. The van der Waals surface area contributed by atoms with E-state index >= 15 is 0 Å². The lowest BCUT2D eigenvalue weighted by Crippen LogP contribution is -2.27. The number of thioether (sulfide) groups is 1. The van der Waals surface area contributed by atoms with Gasteiger partial charge in [-0.1, -0.05) is 0 Å². The van der Waals surface area contributed by atoms with Gasteiger partial charge in [-0.2, -0.15) is 24.9 Å². The average molecular weight is 386 g/mol. The SMILES string of the molecule is CSCCOCn1c(CC2CC(C=O)C2)nc2cc(C(F)(F)F)ccc21. The fraction of sp³-hybridized carbons (Fsp3) is 0.556. The highest BCUT2D eigenvalue weighted by Crippen LogP contribution is 2.36. The molecule has 3 rings (SSSR count). The molecule has 1 fully saturated rings. The van der Waals surface area contributed by atoms with Gasteiger partial charge in [-0.25, -0.2) is 4.98 Å². The molecule has 0 saturated heterocycles. The van der Waals surface area contributed by atoms with Crippen molar-refractivity contribution in [2.45, 2.75) is 32.2 Å². The van der Waals surface area contributed by atoms with Crippen LogP contribution in [0.5, 0.6) is 0 Å². The predicted octanol–water partition coefficient (Wildman–Crippen LogP) is 4.16. The second kappa shape index (κ2) is 8.00. The number of aromatic nitrogens is 2. The van der Waals surface area contributed by atoms with Crippen LogP contribution in [0.3, 0.4) is 0 Å². The van der Waals surface area contributed by atoms with Gasteiger partial charge < -0.3 is 14.1 Å². The fourth-order valence-electron chi connectivity index (χ4n) is 3.28. The lowest BCUT2D eigenvalue weighted by molar-refractivity contribution is -0.137. The Morgan fingerprint density at radius 1 is 1.38 bits per heavy atom. The Kier molecular flexibility index (Phi) is 5.92. The van der Waals surface area contributed by atoms with Crippen molar-refractivity contribution in [3.05, 3.63) is 29.6 Å². The molecule has 8 heteroatoms. The van der Waals surface area contributed by atoms with Crippen LogP contribution in [0.1, 0.15) is 24.2 Å². The molecule has 1 aliphatic carbocycles. The van der Waals surface area contributed by atoms with E-state index in [2.05, 4.69) is 4.98 Å². The number of halogens is 3. The van der Waals surface area contributed by atoms with Crippen LogP contribution in [0.25, 0.3) is 11.0 Å². The first-order valence-electron chi connectivity index (χ1n) is 8.50. The molecule has 0 bridgehead atoms. The molecule has 0 aliphatic heterocycles. The minimum atomic E-state index is -4.39. The number of fused-ring (bicyclic) bond motifs is 1. The van der Waals surface area contributed by atoms with Crippen molar-refractivity contribution in [2.24, 2.45) is 11.8 Å². The van der Waals surface area contributed by atoms with Crippen molar-refractivity contribution in [1.29, 1.82) is 0 Å². The van der Waals surface area contributed by atoms with E-state index in [0.29, 0.717) is 30.0 Å². The molecule has 0 unspecified atom stereocenters. The summed E-state index contributed by atoms with van der Waals surface area (Å²) in [5.41, 5.74) is 0.270. The van der Waals surface area contributed by atoms with Crippen LogP contribution in [0.15, 0.2) is 18.2 Å². The molecule has 1 aromatic heterocycles. The van der Waals surface area contributed by atoms with Crippen molar-refractivity contribution in [1.82, 2.24) is 9.55 Å². The van der Waals surface area contributed by atoms with Gasteiger partial charge in [-0.15, -0.1) is 0 Å². The number of ether oxygens (including phenoxy) is 1. The Morgan fingerprint density at radius 3 is 2.81 bits per heavy atom. The minimum Gasteiger partial charge on any atom is -0.360 e. The normalized spacial score (nSPS) is 20.3. The van der Waals surface area contributed by atoms with E-state index in [4.69, 9.17) is 4.74 Å². The quantitative estimate of drug-likeness (QED) is 0.505. The number of hydrogen-bond donors (Lipinski definition) is 0. The first-order chi connectivity index (χ1) is 12.4. The number of aldehydes is 1. The zero-order valence-electron chi connectivity index (χ0n) is 14.5. The maximum absolute atomic E-state index is 13.0. The topological polar surface area (TPSA) is 44.1 Å². The molecule has 0 amide bonds. The summed E-state index contributed by atoms with van der Waals surface area (Å²) in [6, 6.07) is 3.63. The lowest BCUT2D eigenvalue weighted by atomic mass is 9.74. The van der Waals surface area contributed by atoms with Crippen molar-refractivity contribution < 1.29 is 22.7 Å². The van der Waals surface area contributed by atoms with Gasteiger partial charge in [0.15, 0.2) is 0 Å². The monoisotopic (exact) mass is 386 g/mol. The summed E-state index contributed by atoms with van der Waals surface area (Å²) in [5.74, 6) is 2.02. The van der Waals surface area contributed by atoms with E-state index in [-0.39, 0.29) is 12.6 Å². The van der Waals surface area contributed by atoms with Gasteiger partial charge in [0, 0.05) is 18.1 Å². The number of imidazole rings is 1. The van der Waals surface area contributed by atoms with E-state index in [1.165, 1.54) is 6.07 Å². The molecule has 1 saturated carbocycles. The first kappa shape index (κ1) is 19.2. The third kappa shape index (κ3) is 4.23. The van der Waals surface area contributed by atoms with E-state index in [9.17, 15) is 18.0 Å². The van der Waals surface area contributed by atoms with Crippen molar-refractivity contribution in [2.75, 3.05) is 18.6 Å². The summed E-state index contributed by atoms with van der Waals surface area (Å²) < 4.78 is 46.4. The molecular formula is C18H21F3N2O2S. The summed E-state index contributed by atoms with van der Waals surface area (Å²) in [6.07, 6.45) is 0.840. The molecule has 4 nitrogen and oxygen atoms in total. The maximum atomic E-state index is 13.0. The van der Waals surface area contributed by atoms with Gasteiger partial charge in [-0.3, -0.25) is 0 Å². The number of nitrogens with zero attached hydrogens (tertiary/aromatic N) is 2. The van der Waals surface area contributed by atoms with Gasteiger partial charge in [0.25, 0.3) is 0 Å². The second-order valence-corrected chi connectivity index (χ2v) is 7.61. The van der Waals surface area contributed by atoms with Crippen molar-refractivity contribution >= 4 is 29.1 Å². The zero-order chi connectivity index (χ0) is 18.7. The van der Waals surface area contributed by atoms with Gasteiger partial charge in [0.2, 0.25) is 0 Å². The smallest absolute Gasteiger partial charge is 0.360 e. The molecule has 0 atom stereocenters. The van der Waals surface area contributed by atoms with Gasteiger partial charge in [0.05, 0.1) is 23.2 Å². The van der Waals surface area contributed by atoms with Crippen molar-refractivity contribution in [3.8, 4) is 0 Å². The molecule has 1 aliphatic rings. The molecule has 1 heterocycles. The third-order valence-corrected chi connectivity index (χ3v) is 5.32. The Balaban J connectivity index is 1.85. The van der Waals surface area contributed by atoms with E-state index in [1.807, 2.05) is 10.8 Å². The van der Waals surface area contributed by atoms with Crippen LogP contribution in [-0.2, 0) is 28.9 Å². The Morgan fingerprint density at radius 2 is 2.15 bits per heavy atom. The summed E-state index contributed by atoms with van der Waals surface area (Å²) >= 11 is 1.67. The summed E-state index contributed by atoms with van der Waals surface area (Å²) in [5, 5.41) is 0. The van der Waals surface area contributed by atoms with Crippen LogP contribution in [0, 0.1) is 11.8 Å². The second-order valence-electron chi connectivity index (χ2n) is 6.63.